The van der Waals surface area contributed by atoms with Crippen molar-refractivity contribution in [3.8, 4) is 0 Å². The van der Waals surface area contributed by atoms with Crippen molar-refractivity contribution in [1.82, 2.24) is 10.2 Å². The molecule has 3 atom stereocenters. The third-order valence-electron chi connectivity index (χ3n) is 5.30. The number of hydrogen-bond donors (Lipinski definition) is 1. The van der Waals surface area contributed by atoms with E-state index in [1.54, 1.807) is 4.90 Å². The second-order valence-electron chi connectivity index (χ2n) is 7.33. The van der Waals surface area contributed by atoms with Crippen molar-refractivity contribution in [2.45, 2.75) is 39.3 Å². The summed E-state index contributed by atoms with van der Waals surface area (Å²) in [4.78, 5) is 26.7. The molecule has 142 valence electrons. The number of carbonyl (C=O) groups is 2. The fourth-order valence-corrected chi connectivity index (χ4v) is 5.34. The van der Waals surface area contributed by atoms with Crippen LogP contribution in [-0.4, -0.2) is 49.2 Å². The van der Waals surface area contributed by atoms with Gasteiger partial charge in [0, 0.05) is 19.1 Å². The Morgan fingerprint density at radius 2 is 1.88 bits per heavy atom. The van der Waals surface area contributed by atoms with Gasteiger partial charge in [0.1, 0.15) is 0 Å². The van der Waals surface area contributed by atoms with E-state index in [1.807, 2.05) is 38.1 Å². The van der Waals surface area contributed by atoms with E-state index in [9.17, 15) is 18.0 Å². The Hall–Kier alpha value is -1.89. The fraction of sp³-hybridized carbons (Fsp3) is 0.579. The summed E-state index contributed by atoms with van der Waals surface area (Å²) in [7, 11) is -3.03. The zero-order valence-corrected chi connectivity index (χ0v) is 16.1. The molecular weight excluding hydrogens is 352 g/mol. The van der Waals surface area contributed by atoms with Gasteiger partial charge in [0.2, 0.25) is 11.8 Å². The standard InChI is InChI=1S/C19H26N2O4S/c1-3-21(15-8-9-26(24,25)12-15)19(23)17-10-16(17)18(22)20-11-14-6-4-13(2)5-7-14/h4-7,15-17H,3,8-12H2,1-2H3,(H,20,22). The van der Waals surface area contributed by atoms with Crippen LogP contribution in [0.15, 0.2) is 24.3 Å². The molecule has 1 saturated heterocycles. The van der Waals surface area contributed by atoms with Gasteiger partial charge in [-0.25, -0.2) is 8.42 Å². The van der Waals surface area contributed by atoms with Gasteiger partial charge in [-0.2, -0.15) is 0 Å². The summed E-state index contributed by atoms with van der Waals surface area (Å²) in [5.41, 5.74) is 2.19. The first-order chi connectivity index (χ1) is 12.3. The van der Waals surface area contributed by atoms with Crippen LogP contribution in [0.2, 0.25) is 0 Å². The first kappa shape index (κ1) is 18.9. The SMILES string of the molecule is CCN(C(=O)C1CC1C(=O)NCc1ccc(C)cc1)C1CCS(=O)(=O)C1. The number of hydrogen-bond acceptors (Lipinski definition) is 4. The van der Waals surface area contributed by atoms with Crippen LogP contribution in [0.1, 0.15) is 30.9 Å². The highest BCUT2D eigenvalue weighted by Gasteiger charge is 2.50. The Morgan fingerprint density at radius 3 is 2.46 bits per heavy atom. The molecule has 0 radical (unpaired) electrons. The Bertz CT molecular complexity index is 788. The summed E-state index contributed by atoms with van der Waals surface area (Å²) in [5.74, 6) is -0.587. The first-order valence-corrected chi connectivity index (χ1v) is 11.0. The summed E-state index contributed by atoms with van der Waals surface area (Å²) in [6.45, 7) is 4.80. The maximum Gasteiger partial charge on any atom is 0.226 e. The van der Waals surface area contributed by atoms with E-state index in [2.05, 4.69) is 5.32 Å². The minimum atomic E-state index is -3.03. The molecule has 0 aromatic heterocycles. The van der Waals surface area contributed by atoms with Crippen molar-refractivity contribution in [1.29, 1.82) is 0 Å². The molecular formula is C19H26N2O4S. The highest BCUT2D eigenvalue weighted by Crippen LogP contribution is 2.41. The van der Waals surface area contributed by atoms with Crippen LogP contribution in [0.25, 0.3) is 0 Å². The molecule has 0 spiro atoms. The largest absolute Gasteiger partial charge is 0.352 e. The average molecular weight is 378 g/mol. The van der Waals surface area contributed by atoms with Gasteiger partial charge in [-0.3, -0.25) is 9.59 Å². The van der Waals surface area contributed by atoms with E-state index in [0.717, 1.165) is 5.56 Å². The summed E-state index contributed by atoms with van der Waals surface area (Å²) in [6, 6.07) is 7.71. The van der Waals surface area contributed by atoms with E-state index in [4.69, 9.17) is 0 Å². The molecule has 2 amide bonds. The molecule has 1 aromatic carbocycles. The Labute approximate surface area is 154 Å². The number of sulfone groups is 1. The number of amides is 2. The second kappa shape index (κ2) is 7.39. The maximum atomic E-state index is 12.7. The lowest BCUT2D eigenvalue weighted by molar-refractivity contribution is -0.136. The number of carbonyl (C=O) groups excluding carboxylic acids is 2. The Kier molecular flexibility index (Phi) is 5.37. The van der Waals surface area contributed by atoms with Gasteiger partial charge in [0.25, 0.3) is 0 Å². The van der Waals surface area contributed by atoms with Gasteiger partial charge in [0.15, 0.2) is 9.84 Å². The second-order valence-corrected chi connectivity index (χ2v) is 9.56. The zero-order chi connectivity index (χ0) is 18.9. The molecule has 1 aliphatic heterocycles. The summed E-state index contributed by atoms with van der Waals surface area (Å²) >= 11 is 0. The van der Waals surface area contributed by atoms with E-state index >= 15 is 0 Å². The van der Waals surface area contributed by atoms with Crippen LogP contribution in [0.3, 0.4) is 0 Å². The minimum absolute atomic E-state index is 0.0452. The van der Waals surface area contributed by atoms with Crippen molar-refractivity contribution in [3.05, 3.63) is 35.4 Å². The summed E-state index contributed by atoms with van der Waals surface area (Å²) in [5, 5.41) is 2.90. The lowest BCUT2D eigenvalue weighted by Crippen LogP contribution is -2.42. The fourth-order valence-electron chi connectivity index (χ4n) is 3.61. The number of aryl methyl sites for hydroxylation is 1. The van der Waals surface area contributed by atoms with Crippen molar-refractivity contribution in [3.63, 3.8) is 0 Å². The van der Waals surface area contributed by atoms with Gasteiger partial charge < -0.3 is 10.2 Å². The summed E-state index contributed by atoms with van der Waals surface area (Å²) < 4.78 is 23.4. The van der Waals surface area contributed by atoms with E-state index in [1.165, 1.54) is 5.56 Å². The molecule has 3 unspecified atom stereocenters. The highest BCUT2D eigenvalue weighted by atomic mass is 32.2. The van der Waals surface area contributed by atoms with Crippen molar-refractivity contribution >= 4 is 21.7 Å². The normalized spacial score (nSPS) is 26.3. The highest BCUT2D eigenvalue weighted by molar-refractivity contribution is 7.91. The Morgan fingerprint density at radius 1 is 1.19 bits per heavy atom. The molecule has 0 bridgehead atoms. The van der Waals surface area contributed by atoms with E-state index in [0.29, 0.717) is 25.9 Å². The number of benzene rings is 1. The summed E-state index contributed by atoms with van der Waals surface area (Å²) in [6.07, 6.45) is 1.05. The molecule has 1 heterocycles. The van der Waals surface area contributed by atoms with Crippen molar-refractivity contribution in [2.24, 2.45) is 11.8 Å². The molecule has 3 rings (SSSR count). The lowest BCUT2D eigenvalue weighted by atomic mass is 10.1. The number of rotatable bonds is 6. The van der Waals surface area contributed by atoms with Crippen LogP contribution < -0.4 is 5.32 Å². The molecule has 1 aliphatic carbocycles. The lowest BCUT2D eigenvalue weighted by Gasteiger charge is -2.27. The predicted molar refractivity (Wildman–Crippen MR) is 99.1 cm³/mol. The molecule has 26 heavy (non-hydrogen) atoms. The Balaban J connectivity index is 1.52. The monoisotopic (exact) mass is 378 g/mol. The topological polar surface area (TPSA) is 83.6 Å². The quantitative estimate of drug-likeness (QED) is 0.808. The van der Waals surface area contributed by atoms with Gasteiger partial charge in [-0.05, 0) is 32.3 Å². The molecule has 1 aromatic rings. The predicted octanol–water partition coefficient (Wildman–Crippen LogP) is 1.28. The molecule has 1 saturated carbocycles. The number of nitrogens with zero attached hydrogens (tertiary/aromatic N) is 1. The van der Waals surface area contributed by atoms with Crippen LogP contribution in [-0.2, 0) is 26.0 Å². The van der Waals surface area contributed by atoms with Gasteiger partial charge >= 0.3 is 0 Å². The van der Waals surface area contributed by atoms with Crippen LogP contribution in [0, 0.1) is 18.8 Å². The third kappa shape index (κ3) is 4.26. The smallest absolute Gasteiger partial charge is 0.226 e. The maximum absolute atomic E-state index is 12.7. The van der Waals surface area contributed by atoms with Crippen molar-refractivity contribution in [2.75, 3.05) is 18.1 Å². The average Bonchev–Trinajstić information content (AvgIpc) is 3.33. The van der Waals surface area contributed by atoms with E-state index in [-0.39, 0.29) is 41.2 Å². The van der Waals surface area contributed by atoms with Crippen LogP contribution in [0.4, 0.5) is 0 Å². The van der Waals surface area contributed by atoms with Crippen LogP contribution in [0.5, 0.6) is 0 Å². The van der Waals surface area contributed by atoms with Crippen molar-refractivity contribution < 1.29 is 18.0 Å². The molecule has 6 nitrogen and oxygen atoms in total. The zero-order valence-electron chi connectivity index (χ0n) is 15.3. The first-order valence-electron chi connectivity index (χ1n) is 9.15. The molecule has 2 fully saturated rings. The molecule has 1 N–H and O–H groups in total. The minimum Gasteiger partial charge on any atom is -0.352 e. The number of nitrogens with one attached hydrogen (secondary N) is 1. The van der Waals surface area contributed by atoms with Crippen LogP contribution >= 0.6 is 0 Å². The third-order valence-corrected chi connectivity index (χ3v) is 7.06. The van der Waals surface area contributed by atoms with E-state index < -0.39 is 9.84 Å². The van der Waals surface area contributed by atoms with Gasteiger partial charge in [-0.15, -0.1) is 0 Å². The van der Waals surface area contributed by atoms with Gasteiger partial charge in [-0.1, -0.05) is 29.8 Å². The van der Waals surface area contributed by atoms with Gasteiger partial charge in [0.05, 0.1) is 23.3 Å². The molecule has 2 aliphatic rings. The molecule has 7 heteroatoms.